The van der Waals surface area contributed by atoms with Gasteiger partial charge in [0.25, 0.3) is 0 Å². The second kappa shape index (κ2) is 14.9. The Kier molecular flexibility index (Phi) is 13.9. The fraction of sp³-hybridized carbons (Fsp3) is 0.688. The van der Waals surface area contributed by atoms with Crippen LogP contribution in [0.25, 0.3) is 0 Å². The summed E-state index contributed by atoms with van der Waals surface area (Å²) in [5, 5.41) is 25.2. The van der Waals surface area contributed by atoms with Crippen molar-refractivity contribution in [1.82, 2.24) is 16.0 Å². The van der Waals surface area contributed by atoms with Crippen molar-refractivity contribution in [3.63, 3.8) is 0 Å². The number of hydrogen-bond acceptors (Lipinski definition) is 8. The van der Waals surface area contributed by atoms with Crippen molar-refractivity contribution < 1.29 is 34.2 Å². The summed E-state index contributed by atoms with van der Waals surface area (Å²) in [4.78, 5) is 58.8. The summed E-state index contributed by atoms with van der Waals surface area (Å²) >= 11 is 2.85. The fourth-order valence-corrected chi connectivity index (χ4v) is 3.12. The average molecular weight is 453 g/mol. The summed E-state index contributed by atoms with van der Waals surface area (Å²) in [6.45, 7) is -0.435. The molecule has 7 N–H and O–H groups in total. The summed E-state index contributed by atoms with van der Waals surface area (Å²) in [5.41, 5.74) is 5.17. The summed E-state index contributed by atoms with van der Waals surface area (Å²) in [7, 11) is 0. The summed E-state index contributed by atoms with van der Waals surface area (Å²) < 4.78 is 0. The van der Waals surface area contributed by atoms with Gasteiger partial charge in [0.2, 0.25) is 17.7 Å². The number of carbonyl (C=O) groups is 5. The molecule has 0 aliphatic rings. The molecule has 0 fully saturated rings. The molecular formula is C16H28N4O7S2. The Balaban J connectivity index is 5.27. The molecule has 0 rings (SSSR count). The van der Waals surface area contributed by atoms with Crippen molar-refractivity contribution >= 4 is 53.2 Å². The van der Waals surface area contributed by atoms with Gasteiger partial charge in [0, 0.05) is 0 Å². The van der Waals surface area contributed by atoms with Gasteiger partial charge in [-0.2, -0.15) is 23.5 Å². The molecule has 0 aromatic rings. The molecule has 0 aliphatic carbocycles. The van der Waals surface area contributed by atoms with Gasteiger partial charge in [0.15, 0.2) is 0 Å². The minimum absolute atomic E-state index is 0.193. The molecule has 3 amide bonds. The first-order valence-electron chi connectivity index (χ1n) is 8.68. The molecule has 11 nitrogen and oxygen atoms in total. The van der Waals surface area contributed by atoms with E-state index in [1.165, 1.54) is 23.5 Å². The normalized spacial score (nSPS) is 13.6. The number of carbonyl (C=O) groups excluding carboxylic acids is 3. The van der Waals surface area contributed by atoms with Crippen LogP contribution in [0.15, 0.2) is 0 Å². The lowest BCUT2D eigenvalue weighted by Gasteiger charge is -2.24. The van der Waals surface area contributed by atoms with Crippen LogP contribution in [-0.4, -0.2) is 88.6 Å². The van der Waals surface area contributed by atoms with Crippen molar-refractivity contribution in [1.29, 1.82) is 0 Å². The predicted octanol–water partition coefficient (Wildman–Crippen LogP) is -1.53. The van der Waals surface area contributed by atoms with E-state index in [1.807, 2.05) is 0 Å². The average Bonchev–Trinajstić information content (AvgIpc) is 2.66. The third-order valence-corrected chi connectivity index (χ3v) is 4.97. The number of hydrogen-bond donors (Lipinski definition) is 6. The Morgan fingerprint density at radius 1 is 0.828 bits per heavy atom. The lowest BCUT2D eigenvalue weighted by atomic mass is 10.1. The van der Waals surface area contributed by atoms with Crippen LogP contribution in [0.2, 0.25) is 0 Å². The van der Waals surface area contributed by atoms with E-state index in [-0.39, 0.29) is 12.8 Å². The van der Waals surface area contributed by atoms with Gasteiger partial charge in [-0.05, 0) is 36.9 Å². The zero-order valence-electron chi connectivity index (χ0n) is 16.3. The standard InChI is InChI=1S/C16H28N4O7S2/c1-28-5-3-9(14(24)20-10(16(26)27)4-6-29-2)19-15(25)11(7-13(22)23)18-12(21)8-17/h9-11H,3-8,17H2,1-2H3,(H,18,21)(H,19,25)(H,20,24)(H,22,23)(H,26,27). The molecule has 0 heterocycles. The number of nitrogens with two attached hydrogens (primary N) is 1. The number of nitrogens with one attached hydrogen (secondary N) is 3. The van der Waals surface area contributed by atoms with Crippen molar-refractivity contribution in [2.45, 2.75) is 37.4 Å². The number of amides is 3. The van der Waals surface area contributed by atoms with Gasteiger partial charge < -0.3 is 31.9 Å². The predicted molar refractivity (Wildman–Crippen MR) is 111 cm³/mol. The lowest BCUT2D eigenvalue weighted by molar-refractivity contribution is -0.143. The van der Waals surface area contributed by atoms with E-state index < -0.39 is 60.8 Å². The van der Waals surface area contributed by atoms with Gasteiger partial charge in [-0.3, -0.25) is 19.2 Å². The van der Waals surface area contributed by atoms with Crippen LogP contribution in [-0.2, 0) is 24.0 Å². The van der Waals surface area contributed by atoms with Crippen LogP contribution in [0.3, 0.4) is 0 Å². The van der Waals surface area contributed by atoms with E-state index in [0.717, 1.165) is 0 Å². The zero-order valence-corrected chi connectivity index (χ0v) is 17.9. The molecular weight excluding hydrogens is 424 g/mol. The molecule has 0 spiro atoms. The van der Waals surface area contributed by atoms with E-state index in [1.54, 1.807) is 12.5 Å². The van der Waals surface area contributed by atoms with Gasteiger partial charge in [-0.25, -0.2) is 4.79 Å². The first kappa shape index (κ1) is 27.0. The Labute approximate surface area is 177 Å². The van der Waals surface area contributed by atoms with Crippen molar-refractivity contribution in [2.75, 3.05) is 30.6 Å². The van der Waals surface area contributed by atoms with E-state index >= 15 is 0 Å². The fourth-order valence-electron chi connectivity index (χ4n) is 2.18. The number of carboxylic acids is 2. The summed E-state index contributed by atoms with van der Waals surface area (Å²) in [5.74, 6) is -3.80. The van der Waals surface area contributed by atoms with Crippen molar-refractivity contribution in [3.05, 3.63) is 0 Å². The molecule has 0 saturated carbocycles. The maximum atomic E-state index is 12.6. The number of carboxylic acid groups (broad SMARTS) is 2. The molecule has 0 saturated heterocycles. The molecule has 0 aliphatic heterocycles. The Bertz CT molecular complexity index is 592. The Morgan fingerprint density at radius 2 is 1.31 bits per heavy atom. The van der Waals surface area contributed by atoms with Crippen LogP contribution in [0.1, 0.15) is 19.3 Å². The van der Waals surface area contributed by atoms with Gasteiger partial charge in [0.05, 0.1) is 13.0 Å². The molecule has 0 aromatic carbocycles. The summed E-state index contributed by atoms with van der Waals surface area (Å²) in [6.07, 6.45) is 3.31. The van der Waals surface area contributed by atoms with Crippen molar-refractivity contribution in [3.8, 4) is 0 Å². The topological polar surface area (TPSA) is 188 Å². The zero-order chi connectivity index (χ0) is 22.4. The van der Waals surface area contributed by atoms with Gasteiger partial charge in [0.1, 0.15) is 18.1 Å². The molecule has 166 valence electrons. The largest absolute Gasteiger partial charge is 0.481 e. The highest BCUT2D eigenvalue weighted by atomic mass is 32.2. The highest BCUT2D eigenvalue weighted by Crippen LogP contribution is 2.06. The maximum absolute atomic E-state index is 12.6. The SMILES string of the molecule is CSCCC(NC(=O)C(CCSC)NC(=O)C(CC(=O)O)NC(=O)CN)C(=O)O. The van der Waals surface area contributed by atoms with Gasteiger partial charge in [-0.1, -0.05) is 0 Å². The second-order valence-electron chi connectivity index (χ2n) is 5.95. The molecule has 3 unspecified atom stereocenters. The molecule has 29 heavy (non-hydrogen) atoms. The molecule has 3 atom stereocenters. The third kappa shape index (κ3) is 11.6. The monoisotopic (exact) mass is 452 g/mol. The van der Waals surface area contributed by atoms with Crippen LogP contribution in [0, 0.1) is 0 Å². The van der Waals surface area contributed by atoms with Crippen LogP contribution in [0.4, 0.5) is 0 Å². The van der Waals surface area contributed by atoms with Gasteiger partial charge in [-0.15, -0.1) is 0 Å². The van der Waals surface area contributed by atoms with E-state index in [0.29, 0.717) is 11.5 Å². The first-order valence-corrected chi connectivity index (χ1v) is 11.5. The second-order valence-corrected chi connectivity index (χ2v) is 7.92. The van der Waals surface area contributed by atoms with E-state index in [9.17, 15) is 29.1 Å². The number of thioether (sulfide) groups is 2. The highest BCUT2D eigenvalue weighted by Gasteiger charge is 2.30. The number of rotatable bonds is 15. The third-order valence-electron chi connectivity index (χ3n) is 3.68. The minimum Gasteiger partial charge on any atom is -0.481 e. The lowest BCUT2D eigenvalue weighted by Crippen LogP contribution is -2.56. The van der Waals surface area contributed by atoms with Crippen molar-refractivity contribution in [2.24, 2.45) is 5.73 Å². The maximum Gasteiger partial charge on any atom is 0.326 e. The van der Waals surface area contributed by atoms with Gasteiger partial charge >= 0.3 is 11.9 Å². The Hall–Kier alpha value is -1.99. The summed E-state index contributed by atoms with van der Waals surface area (Å²) in [6, 6.07) is -3.62. The smallest absolute Gasteiger partial charge is 0.326 e. The molecule has 13 heteroatoms. The molecule has 0 radical (unpaired) electrons. The van der Waals surface area contributed by atoms with Crippen LogP contribution >= 0.6 is 23.5 Å². The van der Waals surface area contributed by atoms with Crippen LogP contribution in [0.5, 0.6) is 0 Å². The Morgan fingerprint density at radius 3 is 1.76 bits per heavy atom. The van der Waals surface area contributed by atoms with E-state index in [2.05, 4.69) is 16.0 Å². The molecule has 0 aromatic heterocycles. The highest BCUT2D eigenvalue weighted by molar-refractivity contribution is 7.98. The minimum atomic E-state index is -1.42. The first-order chi connectivity index (χ1) is 13.7. The van der Waals surface area contributed by atoms with Crippen LogP contribution < -0.4 is 21.7 Å². The van der Waals surface area contributed by atoms with E-state index in [4.69, 9.17) is 10.8 Å². The quantitative estimate of drug-likeness (QED) is 0.170. The number of aliphatic carboxylic acids is 2. The molecule has 0 bridgehead atoms.